The Kier molecular flexibility index (Phi) is 4.68. The fraction of sp³-hybridized carbons (Fsp3) is 0.158. The number of hydrogen-bond donors (Lipinski definition) is 3. The highest BCUT2D eigenvalue weighted by Crippen LogP contribution is 2.10. The molecule has 6 heteroatoms. The van der Waals surface area contributed by atoms with E-state index in [1.165, 1.54) is 0 Å². The SMILES string of the molecule is Nc1ccc(C#Cc2ccc(C(=O)N[C@@H]3CCN(O)C3=O)cc2)cc1. The maximum atomic E-state index is 12.2. The topological polar surface area (TPSA) is 95.7 Å². The van der Waals surface area contributed by atoms with Crippen LogP contribution in [-0.4, -0.2) is 34.7 Å². The van der Waals surface area contributed by atoms with Crippen LogP contribution in [0.1, 0.15) is 27.9 Å². The monoisotopic (exact) mass is 335 g/mol. The Bertz CT molecular complexity index is 848. The predicted molar refractivity (Wildman–Crippen MR) is 92.6 cm³/mol. The highest BCUT2D eigenvalue weighted by molar-refractivity contribution is 5.97. The first-order valence-electron chi connectivity index (χ1n) is 7.82. The van der Waals surface area contributed by atoms with Gasteiger partial charge in [0, 0.05) is 22.4 Å². The van der Waals surface area contributed by atoms with Gasteiger partial charge < -0.3 is 11.1 Å². The number of nitrogens with one attached hydrogen (secondary N) is 1. The lowest BCUT2D eigenvalue weighted by molar-refractivity contribution is -0.158. The fourth-order valence-corrected chi connectivity index (χ4v) is 2.46. The molecule has 1 heterocycles. The molecule has 0 spiro atoms. The van der Waals surface area contributed by atoms with Gasteiger partial charge >= 0.3 is 0 Å². The Morgan fingerprint density at radius 1 is 1.08 bits per heavy atom. The minimum absolute atomic E-state index is 0.226. The van der Waals surface area contributed by atoms with E-state index in [4.69, 9.17) is 5.73 Å². The smallest absolute Gasteiger partial charge is 0.268 e. The summed E-state index contributed by atoms with van der Waals surface area (Å²) >= 11 is 0. The van der Waals surface area contributed by atoms with E-state index in [2.05, 4.69) is 17.2 Å². The van der Waals surface area contributed by atoms with Crippen LogP contribution >= 0.6 is 0 Å². The minimum Gasteiger partial charge on any atom is -0.399 e. The number of hydrogen-bond acceptors (Lipinski definition) is 4. The number of nitrogens with two attached hydrogens (primary N) is 1. The summed E-state index contributed by atoms with van der Waals surface area (Å²) < 4.78 is 0. The lowest BCUT2D eigenvalue weighted by atomic mass is 10.1. The molecule has 2 aromatic carbocycles. The Morgan fingerprint density at radius 3 is 2.16 bits per heavy atom. The summed E-state index contributed by atoms with van der Waals surface area (Å²) in [5.41, 5.74) is 8.37. The zero-order valence-electron chi connectivity index (χ0n) is 13.4. The summed E-state index contributed by atoms with van der Waals surface area (Å²) in [6.07, 6.45) is 0.395. The molecule has 2 aromatic rings. The molecular formula is C19H17N3O3. The Labute approximate surface area is 145 Å². The lowest BCUT2D eigenvalue weighted by Crippen LogP contribution is -2.40. The van der Waals surface area contributed by atoms with E-state index in [-0.39, 0.29) is 12.5 Å². The van der Waals surface area contributed by atoms with Crippen molar-refractivity contribution in [3.8, 4) is 11.8 Å². The molecule has 0 aliphatic carbocycles. The molecule has 0 bridgehead atoms. The number of anilines is 1. The maximum absolute atomic E-state index is 12.2. The number of carbonyl (C=O) groups is 2. The molecule has 126 valence electrons. The number of nitrogen functional groups attached to an aromatic ring is 1. The highest BCUT2D eigenvalue weighted by Gasteiger charge is 2.32. The third-order valence-electron chi connectivity index (χ3n) is 3.90. The molecule has 6 nitrogen and oxygen atoms in total. The number of amides is 2. The molecule has 0 radical (unpaired) electrons. The van der Waals surface area contributed by atoms with Crippen molar-refractivity contribution in [3.05, 3.63) is 65.2 Å². The number of carbonyl (C=O) groups excluding carboxylic acids is 2. The number of hydroxylamine groups is 2. The highest BCUT2D eigenvalue weighted by atomic mass is 16.5. The van der Waals surface area contributed by atoms with E-state index in [1.807, 2.05) is 12.1 Å². The maximum Gasteiger partial charge on any atom is 0.268 e. The second-order valence-electron chi connectivity index (χ2n) is 5.73. The quantitative estimate of drug-likeness (QED) is 0.439. The summed E-state index contributed by atoms with van der Waals surface area (Å²) in [7, 11) is 0. The molecule has 1 aliphatic rings. The summed E-state index contributed by atoms with van der Waals surface area (Å²) in [5.74, 6) is 5.20. The van der Waals surface area contributed by atoms with E-state index in [1.54, 1.807) is 36.4 Å². The summed E-state index contributed by atoms with van der Waals surface area (Å²) in [5, 5.41) is 12.5. The molecular weight excluding hydrogens is 318 g/mol. The normalized spacial score (nSPS) is 16.3. The molecule has 1 saturated heterocycles. The van der Waals surface area contributed by atoms with Gasteiger partial charge in [-0.2, -0.15) is 0 Å². The van der Waals surface area contributed by atoms with Crippen molar-refractivity contribution in [2.75, 3.05) is 12.3 Å². The molecule has 0 saturated carbocycles. The van der Waals surface area contributed by atoms with Crippen molar-refractivity contribution in [1.29, 1.82) is 0 Å². The van der Waals surface area contributed by atoms with Gasteiger partial charge in [-0.25, -0.2) is 5.06 Å². The fourth-order valence-electron chi connectivity index (χ4n) is 2.46. The summed E-state index contributed by atoms with van der Waals surface area (Å²) in [6, 6.07) is 13.4. The minimum atomic E-state index is -0.678. The second kappa shape index (κ2) is 7.07. The van der Waals surface area contributed by atoms with Crippen molar-refractivity contribution in [2.45, 2.75) is 12.5 Å². The van der Waals surface area contributed by atoms with Crippen LogP contribution < -0.4 is 11.1 Å². The third kappa shape index (κ3) is 3.97. The number of nitrogens with zero attached hydrogens (tertiary/aromatic N) is 1. The second-order valence-corrected chi connectivity index (χ2v) is 5.73. The van der Waals surface area contributed by atoms with Crippen molar-refractivity contribution >= 4 is 17.5 Å². The lowest BCUT2D eigenvalue weighted by Gasteiger charge is -2.11. The van der Waals surface area contributed by atoms with Gasteiger partial charge in [0.1, 0.15) is 6.04 Å². The van der Waals surface area contributed by atoms with Gasteiger partial charge in [-0.1, -0.05) is 11.8 Å². The Morgan fingerprint density at radius 2 is 1.64 bits per heavy atom. The van der Waals surface area contributed by atoms with Crippen LogP contribution in [0, 0.1) is 11.8 Å². The molecule has 0 aromatic heterocycles. The molecule has 4 N–H and O–H groups in total. The van der Waals surface area contributed by atoms with Crippen LogP contribution in [0.25, 0.3) is 0 Å². The van der Waals surface area contributed by atoms with Gasteiger partial charge in [-0.05, 0) is 55.0 Å². The van der Waals surface area contributed by atoms with Crippen molar-refractivity contribution in [1.82, 2.24) is 10.4 Å². The Hall–Kier alpha value is -3.30. The van der Waals surface area contributed by atoms with Crippen molar-refractivity contribution in [3.63, 3.8) is 0 Å². The first kappa shape index (κ1) is 16.6. The molecule has 2 amide bonds. The Balaban J connectivity index is 1.65. The standard InChI is InChI=1S/C19H17N3O3/c20-16-9-5-14(6-10-16)2-1-13-3-7-15(8-4-13)18(23)21-17-11-12-22(25)19(17)24/h3-10,17,25H,11-12,20H2,(H,21,23)/t17-/m1/s1. The first-order chi connectivity index (χ1) is 12.0. The summed E-state index contributed by atoms with van der Waals surface area (Å²) in [6.45, 7) is 0.226. The van der Waals surface area contributed by atoms with E-state index < -0.39 is 11.9 Å². The van der Waals surface area contributed by atoms with Gasteiger partial charge in [0.05, 0.1) is 6.54 Å². The van der Waals surface area contributed by atoms with Crippen LogP contribution in [0.2, 0.25) is 0 Å². The van der Waals surface area contributed by atoms with Crippen LogP contribution in [-0.2, 0) is 4.79 Å². The van der Waals surface area contributed by atoms with E-state index in [0.717, 1.165) is 11.1 Å². The first-order valence-corrected chi connectivity index (χ1v) is 7.82. The van der Waals surface area contributed by atoms with Gasteiger partial charge in [-0.15, -0.1) is 0 Å². The average Bonchev–Trinajstić information content (AvgIpc) is 2.94. The van der Waals surface area contributed by atoms with Crippen LogP contribution in [0.15, 0.2) is 48.5 Å². The summed E-state index contributed by atoms with van der Waals surface area (Å²) in [4.78, 5) is 23.8. The van der Waals surface area contributed by atoms with Gasteiger partial charge in [0.25, 0.3) is 11.8 Å². The molecule has 25 heavy (non-hydrogen) atoms. The zero-order chi connectivity index (χ0) is 17.8. The van der Waals surface area contributed by atoms with E-state index >= 15 is 0 Å². The molecule has 1 fully saturated rings. The number of rotatable bonds is 2. The van der Waals surface area contributed by atoms with Crippen LogP contribution in [0.3, 0.4) is 0 Å². The van der Waals surface area contributed by atoms with Crippen LogP contribution in [0.4, 0.5) is 5.69 Å². The third-order valence-corrected chi connectivity index (χ3v) is 3.90. The van der Waals surface area contributed by atoms with Gasteiger partial charge in [-0.3, -0.25) is 14.8 Å². The molecule has 0 unspecified atom stereocenters. The largest absolute Gasteiger partial charge is 0.399 e. The van der Waals surface area contributed by atoms with E-state index in [9.17, 15) is 14.8 Å². The average molecular weight is 335 g/mol. The predicted octanol–water partition coefficient (Wildman–Crippen LogP) is 1.39. The molecule has 1 atom stereocenters. The van der Waals surface area contributed by atoms with E-state index in [0.29, 0.717) is 22.7 Å². The van der Waals surface area contributed by atoms with Gasteiger partial charge in [0.15, 0.2) is 0 Å². The zero-order valence-corrected chi connectivity index (χ0v) is 13.4. The van der Waals surface area contributed by atoms with Gasteiger partial charge in [0.2, 0.25) is 0 Å². The number of benzene rings is 2. The molecule has 1 aliphatic heterocycles. The molecule has 3 rings (SSSR count). The van der Waals surface area contributed by atoms with Crippen LogP contribution in [0.5, 0.6) is 0 Å². The van der Waals surface area contributed by atoms with Crippen molar-refractivity contribution < 1.29 is 14.8 Å². The van der Waals surface area contributed by atoms with Crippen molar-refractivity contribution in [2.24, 2.45) is 0 Å².